The van der Waals surface area contributed by atoms with Crippen molar-refractivity contribution in [1.82, 2.24) is 0 Å². The molecule has 1 aromatic carbocycles. The first-order valence-electron chi connectivity index (χ1n) is 5.64. The van der Waals surface area contributed by atoms with Gasteiger partial charge in [0.15, 0.2) is 11.5 Å². The van der Waals surface area contributed by atoms with E-state index in [2.05, 4.69) is 6.07 Å². The Balaban J connectivity index is 2.31. The Bertz CT molecular complexity index is 409. The Morgan fingerprint density at radius 3 is 2.75 bits per heavy atom. The minimum absolute atomic E-state index is 0.0582. The van der Waals surface area contributed by atoms with Crippen LogP contribution in [0.4, 0.5) is 0 Å². The molecule has 84 valence electrons. The van der Waals surface area contributed by atoms with Crippen LogP contribution in [-0.2, 0) is 0 Å². The first-order chi connectivity index (χ1) is 7.85. The molecule has 1 aliphatic heterocycles. The standard InChI is InChI=1S/C13H15NO2/c1-2-10(9-14)11-4-5-12-13(8-11)16-7-3-6-15-12/h4-5,8,10H,2-3,6-7H2,1H3. The van der Waals surface area contributed by atoms with Crippen molar-refractivity contribution in [2.45, 2.75) is 25.7 Å². The third kappa shape index (κ3) is 2.11. The number of benzene rings is 1. The highest BCUT2D eigenvalue weighted by molar-refractivity contribution is 5.45. The molecular formula is C13H15NO2. The van der Waals surface area contributed by atoms with E-state index in [1.165, 1.54) is 0 Å². The van der Waals surface area contributed by atoms with Crippen molar-refractivity contribution in [1.29, 1.82) is 5.26 Å². The zero-order valence-corrected chi connectivity index (χ0v) is 9.40. The molecule has 0 radical (unpaired) electrons. The predicted molar refractivity (Wildman–Crippen MR) is 60.7 cm³/mol. The van der Waals surface area contributed by atoms with Gasteiger partial charge in [0.05, 0.1) is 25.2 Å². The number of hydrogen-bond donors (Lipinski definition) is 0. The van der Waals surface area contributed by atoms with E-state index in [9.17, 15) is 0 Å². The van der Waals surface area contributed by atoms with Gasteiger partial charge in [0.25, 0.3) is 0 Å². The van der Waals surface area contributed by atoms with E-state index in [1.807, 2.05) is 25.1 Å². The van der Waals surface area contributed by atoms with Crippen molar-refractivity contribution < 1.29 is 9.47 Å². The normalized spacial score (nSPS) is 16.0. The lowest BCUT2D eigenvalue weighted by Gasteiger charge is -2.11. The number of hydrogen-bond acceptors (Lipinski definition) is 3. The van der Waals surface area contributed by atoms with Gasteiger partial charge in [-0.05, 0) is 24.1 Å². The molecule has 1 atom stereocenters. The van der Waals surface area contributed by atoms with Crippen LogP contribution in [0.5, 0.6) is 11.5 Å². The number of ether oxygens (including phenoxy) is 2. The zero-order valence-electron chi connectivity index (χ0n) is 9.40. The van der Waals surface area contributed by atoms with Crippen LogP contribution in [-0.4, -0.2) is 13.2 Å². The van der Waals surface area contributed by atoms with Crippen LogP contribution >= 0.6 is 0 Å². The first kappa shape index (κ1) is 10.8. The van der Waals surface area contributed by atoms with Gasteiger partial charge in [-0.1, -0.05) is 13.0 Å². The number of nitrogens with zero attached hydrogens (tertiary/aromatic N) is 1. The highest BCUT2D eigenvalue weighted by atomic mass is 16.5. The topological polar surface area (TPSA) is 42.2 Å². The summed E-state index contributed by atoms with van der Waals surface area (Å²) in [7, 11) is 0. The molecule has 0 aliphatic carbocycles. The summed E-state index contributed by atoms with van der Waals surface area (Å²) >= 11 is 0. The van der Waals surface area contributed by atoms with Gasteiger partial charge in [-0.25, -0.2) is 0 Å². The highest BCUT2D eigenvalue weighted by Gasteiger charge is 2.14. The molecule has 1 unspecified atom stereocenters. The summed E-state index contributed by atoms with van der Waals surface area (Å²) in [6.45, 7) is 3.39. The Morgan fingerprint density at radius 2 is 2.06 bits per heavy atom. The van der Waals surface area contributed by atoms with Gasteiger partial charge in [-0.2, -0.15) is 5.26 Å². The highest BCUT2D eigenvalue weighted by Crippen LogP contribution is 2.33. The molecule has 0 spiro atoms. The smallest absolute Gasteiger partial charge is 0.161 e. The van der Waals surface area contributed by atoms with Gasteiger partial charge in [-0.15, -0.1) is 0 Å². The third-order valence-corrected chi connectivity index (χ3v) is 2.74. The van der Waals surface area contributed by atoms with E-state index < -0.39 is 0 Å². The molecule has 1 heterocycles. The van der Waals surface area contributed by atoms with Gasteiger partial charge in [0.1, 0.15) is 0 Å². The van der Waals surface area contributed by atoms with Crippen molar-refractivity contribution in [3.63, 3.8) is 0 Å². The Morgan fingerprint density at radius 1 is 1.31 bits per heavy atom. The minimum atomic E-state index is -0.0582. The van der Waals surface area contributed by atoms with Gasteiger partial charge in [0.2, 0.25) is 0 Å². The van der Waals surface area contributed by atoms with Crippen LogP contribution < -0.4 is 9.47 Å². The lowest BCUT2D eigenvalue weighted by atomic mass is 9.98. The maximum atomic E-state index is 9.02. The van der Waals surface area contributed by atoms with Crippen LogP contribution in [0.3, 0.4) is 0 Å². The van der Waals surface area contributed by atoms with E-state index in [0.717, 1.165) is 29.9 Å². The third-order valence-electron chi connectivity index (χ3n) is 2.74. The van der Waals surface area contributed by atoms with Crippen LogP contribution in [0.15, 0.2) is 18.2 Å². The molecule has 0 saturated heterocycles. The van der Waals surface area contributed by atoms with Crippen molar-refractivity contribution in [3.8, 4) is 17.6 Å². The molecule has 0 bridgehead atoms. The molecule has 0 amide bonds. The van der Waals surface area contributed by atoms with Crippen LogP contribution in [0.2, 0.25) is 0 Å². The lowest BCUT2D eigenvalue weighted by molar-refractivity contribution is 0.297. The number of nitriles is 1. The molecule has 0 aromatic heterocycles. The summed E-state index contributed by atoms with van der Waals surface area (Å²) in [6, 6.07) is 8.07. The Labute approximate surface area is 95.6 Å². The molecule has 16 heavy (non-hydrogen) atoms. The predicted octanol–water partition coefficient (Wildman–Crippen LogP) is 2.87. The summed E-state index contributed by atoms with van der Waals surface area (Å²) in [6.07, 6.45) is 1.72. The van der Waals surface area contributed by atoms with Crippen LogP contribution in [0.1, 0.15) is 31.2 Å². The number of rotatable bonds is 2. The van der Waals surface area contributed by atoms with Gasteiger partial charge in [-0.3, -0.25) is 0 Å². The van der Waals surface area contributed by atoms with Crippen LogP contribution in [0, 0.1) is 11.3 Å². The van der Waals surface area contributed by atoms with Gasteiger partial charge < -0.3 is 9.47 Å². The molecular weight excluding hydrogens is 202 g/mol. The van der Waals surface area contributed by atoms with Crippen molar-refractivity contribution in [3.05, 3.63) is 23.8 Å². The monoisotopic (exact) mass is 217 g/mol. The summed E-state index contributed by atoms with van der Waals surface area (Å²) in [5, 5.41) is 9.02. The maximum absolute atomic E-state index is 9.02. The molecule has 1 aromatic rings. The number of fused-ring (bicyclic) bond motifs is 1. The first-order valence-corrected chi connectivity index (χ1v) is 5.64. The molecule has 3 heteroatoms. The minimum Gasteiger partial charge on any atom is -0.490 e. The quantitative estimate of drug-likeness (QED) is 0.765. The largest absolute Gasteiger partial charge is 0.490 e. The van der Waals surface area contributed by atoms with E-state index in [0.29, 0.717) is 13.2 Å². The van der Waals surface area contributed by atoms with Gasteiger partial charge in [0, 0.05) is 6.42 Å². The second kappa shape index (κ2) is 4.89. The van der Waals surface area contributed by atoms with Crippen molar-refractivity contribution in [2.24, 2.45) is 0 Å². The molecule has 2 rings (SSSR count). The summed E-state index contributed by atoms with van der Waals surface area (Å²) in [5.41, 5.74) is 1.01. The molecule has 1 aliphatic rings. The van der Waals surface area contributed by atoms with E-state index >= 15 is 0 Å². The molecule has 0 saturated carbocycles. The second-order valence-corrected chi connectivity index (χ2v) is 3.85. The van der Waals surface area contributed by atoms with E-state index in [4.69, 9.17) is 14.7 Å². The SMILES string of the molecule is CCC(C#N)c1ccc2c(c1)OCCCO2. The lowest BCUT2D eigenvalue weighted by Crippen LogP contribution is -1.97. The van der Waals surface area contributed by atoms with Crippen molar-refractivity contribution in [2.75, 3.05) is 13.2 Å². The average molecular weight is 217 g/mol. The molecule has 3 nitrogen and oxygen atoms in total. The average Bonchev–Trinajstić information content (AvgIpc) is 2.55. The molecule has 0 N–H and O–H groups in total. The summed E-state index contributed by atoms with van der Waals surface area (Å²) in [5.74, 6) is 1.50. The summed E-state index contributed by atoms with van der Waals surface area (Å²) in [4.78, 5) is 0. The fourth-order valence-corrected chi connectivity index (χ4v) is 1.80. The molecule has 0 fully saturated rings. The van der Waals surface area contributed by atoms with Gasteiger partial charge >= 0.3 is 0 Å². The van der Waals surface area contributed by atoms with Crippen LogP contribution in [0.25, 0.3) is 0 Å². The fourth-order valence-electron chi connectivity index (χ4n) is 1.80. The Hall–Kier alpha value is -1.69. The fraction of sp³-hybridized carbons (Fsp3) is 0.462. The zero-order chi connectivity index (χ0) is 11.4. The summed E-state index contributed by atoms with van der Waals surface area (Å²) < 4.78 is 11.1. The second-order valence-electron chi connectivity index (χ2n) is 3.85. The Kier molecular flexibility index (Phi) is 3.31. The van der Waals surface area contributed by atoms with E-state index in [-0.39, 0.29) is 5.92 Å². The van der Waals surface area contributed by atoms with Crippen molar-refractivity contribution >= 4 is 0 Å². The van der Waals surface area contributed by atoms with E-state index in [1.54, 1.807) is 0 Å². The maximum Gasteiger partial charge on any atom is 0.161 e.